The van der Waals surface area contributed by atoms with Gasteiger partial charge >= 0.3 is 12.1 Å². The van der Waals surface area contributed by atoms with Gasteiger partial charge in [-0.25, -0.2) is 8.42 Å². The Kier molecular flexibility index (Phi) is 8.51. The van der Waals surface area contributed by atoms with Crippen molar-refractivity contribution in [1.82, 2.24) is 9.62 Å². The van der Waals surface area contributed by atoms with Gasteiger partial charge in [0.05, 0.1) is 10.6 Å². The summed E-state index contributed by atoms with van der Waals surface area (Å²) < 4.78 is 69.6. The van der Waals surface area contributed by atoms with Crippen LogP contribution in [0, 0.1) is 0 Å². The Balaban J connectivity index is 1.91. The number of amides is 1. The molecule has 0 aromatic heterocycles. The second kappa shape index (κ2) is 10.5. The summed E-state index contributed by atoms with van der Waals surface area (Å²) in [5, 5.41) is -0.434. The SMILES string of the molecule is O=C(CNS(=O)(=O)c1cc(C(F)(F)F)ccc1Cl)OCC(=O)N1CCCCCCC1. The smallest absolute Gasteiger partial charge is 0.416 e. The summed E-state index contributed by atoms with van der Waals surface area (Å²) in [7, 11) is -4.51. The van der Waals surface area contributed by atoms with Crippen molar-refractivity contribution in [2.75, 3.05) is 26.2 Å². The lowest BCUT2D eigenvalue weighted by Gasteiger charge is -2.24. The largest absolute Gasteiger partial charge is 0.455 e. The first-order valence-electron chi connectivity index (χ1n) is 9.30. The number of carbonyl (C=O) groups excluding carboxylic acids is 2. The lowest BCUT2D eigenvalue weighted by molar-refractivity contribution is -0.151. The van der Waals surface area contributed by atoms with E-state index in [2.05, 4.69) is 0 Å². The number of nitrogens with zero attached hydrogens (tertiary/aromatic N) is 1. The molecule has 0 saturated carbocycles. The Morgan fingerprint density at radius 1 is 1.10 bits per heavy atom. The fourth-order valence-corrected chi connectivity index (χ4v) is 4.39. The molecule has 1 aromatic rings. The van der Waals surface area contributed by atoms with Gasteiger partial charge in [0.1, 0.15) is 11.4 Å². The summed E-state index contributed by atoms with van der Waals surface area (Å²) in [5.74, 6) is -1.42. The molecule has 0 atom stereocenters. The zero-order chi connectivity index (χ0) is 22.4. The van der Waals surface area contributed by atoms with E-state index >= 15 is 0 Å². The van der Waals surface area contributed by atoms with Gasteiger partial charge in [0.2, 0.25) is 10.0 Å². The number of hydrogen-bond donors (Lipinski definition) is 1. The molecule has 1 N–H and O–H groups in total. The molecule has 0 spiro atoms. The van der Waals surface area contributed by atoms with Gasteiger partial charge in [-0.05, 0) is 31.0 Å². The lowest BCUT2D eigenvalue weighted by Crippen LogP contribution is -2.38. The molecule has 0 unspecified atom stereocenters. The van der Waals surface area contributed by atoms with Crippen molar-refractivity contribution in [2.45, 2.75) is 43.2 Å². The molecule has 0 aliphatic carbocycles. The molecule has 1 aliphatic rings. The number of esters is 1. The molecule has 1 aliphatic heterocycles. The minimum absolute atomic E-state index is 0.376. The maximum Gasteiger partial charge on any atom is 0.416 e. The third kappa shape index (κ3) is 7.13. The van der Waals surface area contributed by atoms with Gasteiger partial charge in [-0.3, -0.25) is 9.59 Å². The monoisotopic (exact) mass is 470 g/mol. The molecule has 1 aromatic carbocycles. The quantitative estimate of drug-likeness (QED) is 0.645. The van der Waals surface area contributed by atoms with E-state index in [-0.39, 0.29) is 5.91 Å². The van der Waals surface area contributed by atoms with E-state index in [0.717, 1.165) is 38.2 Å². The van der Waals surface area contributed by atoms with Crippen molar-refractivity contribution in [2.24, 2.45) is 0 Å². The molecule has 168 valence electrons. The number of ether oxygens (including phenoxy) is 1. The molecule has 30 heavy (non-hydrogen) atoms. The van der Waals surface area contributed by atoms with Crippen molar-refractivity contribution in [1.29, 1.82) is 0 Å². The van der Waals surface area contributed by atoms with Crippen LogP contribution >= 0.6 is 11.6 Å². The summed E-state index contributed by atoms with van der Waals surface area (Å²) in [6, 6.07) is 1.83. The summed E-state index contributed by atoms with van der Waals surface area (Å²) in [5.41, 5.74) is -1.20. The molecule has 2 rings (SSSR count). The number of sulfonamides is 1. The Morgan fingerprint density at radius 3 is 2.30 bits per heavy atom. The van der Waals surface area contributed by atoms with Gasteiger partial charge < -0.3 is 9.64 Å². The molecule has 7 nitrogen and oxygen atoms in total. The van der Waals surface area contributed by atoms with E-state index in [1.165, 1.54) is 0 Å². The first-order chi connectivity index (χ1) is 14.0. The Bertz CT molecular complexity index is 869. The summed E-state index contributed by atoms with van der Waals surface area (Å²) in [6.45, 7) is -0.263. The number of nitrogens with one attached hydrogen (secondary N) is 1. The molecular formula is C18H22ClF3N2O5S. The van der Waals surface area contributed by atoms with E-state index in [0.29, 0.717) is 25.2 Å². The minimum atomic E-state index is -4.76. The maximum atomic E-state index is 12.8. The third-order valence-electron chi connectivity index (χ3n) is 4.52. The van der Waals surface area contributed by atoms with Crippen LogP contribution in [-0.2, 0) is 30.5 Å². The Morgan fingerprint density at radius 2 is 1.70 bits per heavy atom. The Labute approximate surface area is 177 Å². The molecule has 1 heterocycles. The summed E-state index contributed by atoms with van der Waals surface area (Å²) in [6.07, 6.45) is 0.106. The first-order valence-corrected chi connectivity index (χ1v) is 11.2. The van der Waals surface area contributed by atoms with Gasteiger partial charge in [-0.2, -0.15) is 17.9 Å². The van der Waals surface area contributed by atoms with Crippen LogP contribution in [0.15, 0.2) is 23.1 Å². The first kappa shape index (κ1) is 24.4. The highest BCUT2D eigenvalue weighted by molar-refractivity contribution is 7.89. The number of alkyl halides is 3. The fourth-order valence-electron chi connectivity index (χ4n) is 2.90. The van der Waals surface area contributed by atoms with E-state index in [9.17, 15) is 31.2 Å². The number of likely N-dealkylation sites (tertiary alicyclic amines) is 1. The van der Waals surface area contributed by atoms with Gasteiger partial charge in [-0.15, -0.1) is 0 Å². The zero-order valence-electron chi connectivity index (χ0n) is 16.0. The molecular weight excluding hydrogens is 449 g/mol. The number of halogens is 4. The molecule has 0 radical (unpaired) electrons. The van der Waals surface area contributed by atoms with Crippen LogP contribution in [0.4, 0.5) is 13.2 Å². The zero-order valence-corrected chi connectivity index (χ0v) is 17.6. The van der Waals surface area contributed by atoms with Gasteiger partial charge in [0.15, 0.2) is 6.61 Å². The second-order valence-corrected chi connectivity index (χ2v) is 8.92. The van der Waals surface area contributed by atoms with Gasteiger partial charge in [0.25, 0.3) is 5.91 Å². The van der Waals surface area contributed by atoms with Gasteiger partial charge in [-0.1, -0.05) is 30.9 Å². The van der Waals surface area contributed by atoms with Crippen molar-refractivity contribution in [3.63, 3.8) is 0 Å². The van der Waals surface area contributed by atoms with E-state index in [1.807, 2.05) is 4.72 Å². The number of rotatable bonds is 6. The molecule has 1 fully saturated rings. The predicted molar refractivity (Wildman–Crippen MR) is 102 cm³/mol. The molecule has 0 bridgehead atoms. The summed E-state index contributed by atoms with van der Waals surface area (Å²) >= 11 is 5.71. The van der Waals surface area contributed by atoms with Crippen molar-refractivity contribution in [3.05, 3.63) is 28.8 Å². The highest BCUT2D eigenvalue weighted by Gasteiger charge is 2.33. The molecule has 1 amide bonds. The van der Waals surface area contributed by atoms with E-state index in [1.54, 1.807) is 4.90 Å². The highest BCUT2D eigenvalue weighted by atomic mass is 35.5. The fraction of sp³-hybridized carbons (Fsp3) is 0.556. The topological polar surface area (TPSA) is 92.8 Å². The normalized spacial score (nSPS) is 15.9. The van der Waals surface area contributed by atoms with Crippen LogP contribution in [0.1, 0.15) is 37.7 Å². The van der Waals surface area contributed by atoms with Crippen LogP contribution in [0.3, 0.4) is 0 Å². The number of carbonyl (C=O) groups is 2. The van der Waals surface area contributed by atoms with Crippen LogP contribution in [-0.4, -0.2) is 51.4 Å². The third-order valence-corrected chi connectivity index (χ3v) is 6.40. The maximum absolute atomic E-state index is 12.8. The standard InChI is InChI=1S/C18H22ClF3N2O5S/c19-14-7-6-13(18(20,21)22)10-15(14)30(27,28)23-11-17(26)29-12-16(25)24-8-4-2-1-3-5-9-24/h6-7,10,23H,1-5,8-9,11-12H2. The molecule has 1 saturated heterocycles. The van der Waals surface area contributed by atoms with Crippen LogP contribution < -0.4 is 4.72 Å². The number of benzene rings is 1. The van der Waals surface area contributed by atoms with Crippen molar-refractivity contribution >= 4 is 33.5 Å². The molecule has 12 heteroatoms. The van der Waals surface area contributed by atoms with Crippen molar-refractivity contribution < 1.29 is 35.9 Å². The predicted octanol–water partition coefficient (Wildman–Crippen LogP) is 2.97. The van der Waals surface area contributed by atoms with Crippen LogP contribution in [0.2, 0.25) is 5.02 Å². The van der Waals surface area contributed by atoms with Crippen molar-refractivity contribution in [3.8, 4) is 0 Å². The average Bonchev–Trinajstić information content (AvgIpc) is 2.63. The highest BCUT2D eigenvalue weighted by Crippen LogP contribution is 2.33. The van der Waals surface area contributed by atoms with Crippen LogP contribution in [0.5, 0.6) is 0 Å². The van der Waals surface area contributed by atoms with Crippen LogP contribution in [0.25, 0.3) is 0 Å². The minimum Gasteiger partial charge on any atom is -0.455 e. The average molecular weight is 471 g/mol. The Hall–Kier alpha value is -1.85. The lowest BCUT2D eigenvalue weighted by atomic mass is 10.1. The van der Waals surface area contributed by atoms with E-state index in [4.69, 9.17) is 16.3 Å². The number of hydrogen-bond acceptors (Lipinski definition) is 5. The van der Waals surface area contributed by atoms with E-state index < -0.39 is 50.8 Å². The second-order valence-electron chi connectivity index (χ2n) is 6.78. The summed E-state index contributed by atoms with van der Waals surface area (Å²) in [4.78, 5) is 24.7. The van der Waals surface area contributed by atoms with Gasteiger partial charge in [0, 0.05) is 13.1 Å².